The molecule has 0 aliphatic heterocycles. The van der Waals surface area contributed by atoms with Crippen LogP contribution in [0.5, 0.6) is 0 Å². The molecule has 0 fully saturated rings. The molecular weight excluding hydrogens is 471 g/mol. The van der Waals surface area contributed by atoms with Gasteiger partial charge in [-0.15, -0.1) is 0 Å². The van der Waals surface area contributed by atoms with Crippen molar-refractivity contribution in [2.24, 2.45) is 0 Å². The molecule has 2 amide bonds. The number of thiazole rings is 1. The van der Waals surface area contributed by atoms with Crippen LogP contribution >= 0.6 is 22.9 Å². The normalized spacial score (nSPS) is 11.4. The highest BCUT2D eigenvalue weighted by Gasteiger charge is 2.33. The van der Waals surface area contributed by atoms with Gasteiger partial charge >= 0.3 is 11.0 Å². The van der Waals surface area contributed by atoms with Gasteiger partial charge in [0.05, 0.1) is 23.4 Å². The summed E-state index contributed by atoms with van der Waals surface area (Å²) >= 11 is 6.54. The molecule has 0 aliphatic carbocycles. The first-order valence-corrected chi connectivity index (χ1v) is 10.4. The van der Waals surface area contributed by atoms with Crippen molar-refractivity contribution < 1.29 is 27.2 Å². The van der Waals surface area contributed by atoms with E-state index >= 15 is 0 Å². The summed E-state index contributed by atoms with van der Waals surface area (Å²) in [7, 11) is 0. The van der Waals surface area contributed by atoms with Crippen LogP contribution in [-0.2, 0) is 28.9 Å². The molecule has 12 heteroatoms. The highest BCUT2D eigenvalue weighted by Crippen LogP contribution is 2.36. The van der Waals surface area contributed by atoms with Crippen molar-refractivity contribution in [3.63, 3.8) is 0 Å². The second-order valence-electron chi connectivity index (χ2n) is 6.80. The topological polar surface area (TPSA) is 84.5 Å². The van der Waals surface area contributed by atoms with E-state index in [9.17, 15) is 27.6 Å². The maximum atomic E-state index is 13.1. The van der Waals surface area contributed by atoms with Crippen LogP contribution < -0.4 is 10.2 Å². The van der Waals surface area contributed by atoms with Crippen molar-refractivity contribution in [2.75, 3.05) is 11.9 Å². The minimum Gasteiger partial charge on any atom is -0.467 e. The maximum absolute atomic E-state index is 13.1. The molecule has 0 aliphatic rings. The van der Waals surface area contributed by atoms with Crippen molar-refractivity contribution >= 4 is 40.4 Å². The summed E-state index contributed by atoms with van der Waals surface area (Å²) in [5, 5.41) is 3.45. The summed E-state index contributed by atoms with van der Waals surface area (Å²) in [4.78, 5) is 38.1. The number of carbonyl (C=O) groups excluding carboxylic acids is 2. The number of furan rings is 1. The summed E-state index contributed by atoms with van der Waals surface area (Å²) in [6.07, 6.45) is -3.29. The van der Waals surface area contributed by atoms with Crippen molar-refractivity contribution in [1.29, 1.82) is 0 Å². The summed E-state index contributed by atoms with van der Waals surface area (Å²) in [6.45, 7) is 0.849. The number of hydrogen-bond acceptors (Lipinski definition) is 5. The van der Waals surface area contributed by atoms with E-state index in [-0.39, 0.29) is 23.6 Å². The Labute approximate surface area is 189 Å². The van der Waals surface area contributed by atoms with E-state index in [1.807, 2.05) is 0 Å². The quantitative estimate of drug-likeness (QED) is 0.542. The Kier molecular flexibility index (Phi) is 7.09. The SMILES string of the molecule is Cc1csc(=O)n1CC(=O)N(CC(=O)Nc1ccc(Cl)c(C(F)(F)F)c1)Cc1ccco1. The van der Waals surface area contributed by atoms with Gasteiger partial charge in [-0.25, -0.2) is 0 Å². The second kappa shape index (κ2) is 9.61. The van der Waals surface area contributed by atoms with Gasteiger partial charge in [-0.2, -0.15) is 13.2 Å². The fourth-order valence-electron chi connectivity index (χ4n) is 2.85. The summed E-state index contributed by atoms with van der Waals surface area (Å²) in [5.74, 6) is -0.867. The number of halogens is 4. The molecule has 0 unspecified atom stereocenters. The highest BCUT2D eigenvalue weighted by molar-refractivity contribution is 7.07. The Bertz CT molecular complexity index is 1170. The highest BCUT2D eigenvalue weighted by atomic mass is 35.5. The first-order valence-electron chi connectivity index (χ1n) is 9.16. The van der Waals surface area contributed by atoms with E-state index < -0.39 is 35.1 Å². The molecule has 3 aromatic rings. The van der Waals surface area contributed by atoms with Crippen LogP contribution in [0.2, 0.25) is 5.02 Å². The van der Waals surface area contributed by atoms with E-state index in [0.29, 0.717) is 17.5 Å². The molecule has 3 rings (SSSR count). The number of aromatic nitrogens is 1. The van der Waals surface area contributed by atoms with Gasteiger partial charge in [-0.3, -0.25) is 19.0 Å². The van der Waals surface area contributed by atoms with Crippen LogP contribution in [0.15, 0.2) is 51.2 Å². The molecular formula is C20H17ClF3N3O4S. The Balaban J connectivity index is 1.76. The van der Waals surface area contributed by atoms with Crippen LogP contribution in [0.4, 0.5) is 18.9 Å². The average molecular weight is 488 g/mol. The Hall–Kier alpha value is -3.05. The van der Waals surface area contributed by atoms with Crippen LogP contribution in [-0.4, -0.2) is 27.8 Å². The molecule has 2 aromatic heterocycles. The smallest absolute Gasteiger partial charge is 0.417 e. The lowest BCUT2D eigenvalue weighted by molar-refractivity contribution is -0.137. The number of carbonyl (C=O) groups is 2. The van der Waals surface area contributed by atoms with Crippen molar-refractivity contribution in [1.82, 2.24) is 9.47 Å². The van der Waals surface area contributed by atoms with Crippen molar-refractivity contribution in [3.8, 4) is 0 Å². The molecule has 2 heterocycles. The average Bonchev–Trinajstić information content (AvgIpc) is 3.33. The molecule has 7 nitrogen and oxygen atoms in total. The van der Waals surface area contributed by atoms with Gasteiger partial charge in [0.15, 0.2) is 0 Å². The molecule has 0 bridgehead atoms. The number of rotatable bonds is 7. The lowest BCUT2D eigenvalue weighted by Crippen LogP contribution is -2.40. The minimum atomic E-state index is -4.69. The minimum absolute atomic E-state index is 0.0639. The standard InChI is InChI=1S/C20H17ClF3N3O4S/c1-12-11-32-19(30)27(12)10-18(29)26(8-14-3-2-6-31-14)9-17(28)25-13-4-5-16(21)15(7-13)20(22,23)24/h2-7,11H,8-10H2,1H3,(H,25,28). The number of hydrogen-bond donors (Lipinski definition) is 1. The third kappa shape index (κ3) is 5.80. The van der Waals surface area contributed by atoms with Gasteiger partial charge in [0.25, 0.3) is 0 Å². The van der Waals surface area contributed by atoms with E-state index in [1.165, 1.54) is 16.9 Å². The lowest BCUT2D eigenvalue weighted by atomic mass is 10.2. The van der Waals surface area contributed by atoms with Crippen LogP contribution in [0, 0.1) is 6.92 Å². The second-order valence-corrected chi connectivity index (χ2v) is 8.03. The number of alkyl halides is 3. The monoisotopic (exact) mass is 487 g/mol. The van der Waals surface area contributed by atoms with E-state index in [4.69, 9.17) is 16.0 Å². The predicted octanol–water partition coefficient (Wildman–Crippen LogP) is 4.15. The number of nitrogens with one attached hydrogen (secondary N) is 1. The molecule has 170 valence electrons. The zero-order chi connectivity index (χ0) is 23.5. The largest absolute Gasteiger partial charge is 0.467 e. The number of benzene rings is 1. The van der Waals surface area contributed by atoms with Gasteiger partial charge < -0.3 is 14.6 Å². The Morgan fingerprint density at radius 1 is 1.28 bits per heavy atom. The van der Waals surface area contributed by atoms with Gasteiger partial charge in [-0.05, 0) is 37.3 Å². The number of aryl methyl sites for hydroxylation is 1. The van der Waals surface area contributed by atoms with Crippen molar-refractivity contribution in [2.45, 2.75) is 26.2 Å². The van der Waals surface area contributed by atoms with Gasteiger partial charge in [0.2, 0.25) is 11.8 Å². The number of nitrogens with zero attached hydrogens (tertiary/aromatic N) is 2. The molecule has 0 atom stereocenters. The zero-order valence-corrected chi connectivity index (χ0v) is 18.2. The molecule has 0 saturated heterocycles. The molecule has 0 radical (unpaired) electrons. The fraction of sp³-hybridized carbons (Fsp3) is 0.250. The fourth-order valence-corrected chi connectivity index (χ4v) is 3.81. The van der Waals surface area contributed by atoms with E-state index in [2.05, 4.69) is 5.32 Å². The van der Waals surface area contributed by atoms with Crippen LogP contribution in [0.1, 0.15) is 17.0 Å². The summed E-state index contributed by atoms with van der Waals surface area (Å²) < 4.78 is 45.7. The summed E-state index contributed by atoms with van der Waals surface area (Å²) in [6, 6.07) is 6.18. The van der Waals surface area contributed by atoms with Crippen LogP contribution in [0.25, 0.3) is 0 Å². The first kappa shape index (κ1) is 23.6. The molecule has 0 spiro atoms. The maximum Gasteiger partial charge on any atom is 0.417 e. The lowest BCUT2D eigenvalue weighted by Gasteiger charge is -2.22. The van der Waals surface area contributed by atoms with Crippen LogP contribution in [0.3, 0.4) is 0 Å². The first-order chi connectivity index (χ1) is 15.0. The van der Waals surface area contributed by atoms with Gasteiger partial charge in [0, 0.05) is 16.8 Å². The molecule has 32 heavy (non-hydrogen) atoms. The van der Waals surface area contributed by atoms with Gasteiger partial charge in [0.1, 0.15) is 18.8 Å². The van der Waals surface area contributed by atoms with Crippen molar-refractivity contribution in [3.05, 3.63) is 73.7 Å². The van der Waals surface area contributed by atoms with E-state index in [0.717, 1.165) is 22.3 Å². The van der Waals surface area contributed by atoms with Gasteiger partial charge in [-0.1, -0.05) is 22.9 Å². The number of amides is 2. The van der Waals surface area contributed by atoms with E-state index in [1.54, 1.807) is 24.4 Å². The molecule has 1 aromatic carbocycles. The Morgan fingerprint density at radius 2 is 2.03 bits per heavy atom. The third-order valence-electron chi connectivity index (χ3n) is 4.44. The Morgan fingerprint density at radius 3 is 2.62 bits per heavy atom. The zero-order valence-electron chi connectivity index (χ0n) is 16.6. The predicted molar refractivity (Wildman–Crippen MR) is 113 cm³/mol. The number of anilines is 1. The third-order valence-corrected chi connectivity index (χ3v) is 5.65. The molecule has 1 N–H and O–H groups in total. The molecule has 0 saturated carbocycles. The summed E-state index contributed by atoms with van der Waals surface area (Å²) in [5.41, 5.74) is -0.619.